The number of likely N-dealkylation sites (tertiary alicyclic amines) is 1. The molecule has 1 atom stereocenters. The molecule has 5 nitrogen and oxygen atoms in total. The van der Waals surface area contributed by atoms with Crippen LogP contribution in [0.3, 0.4) is 0 Å². The molecule has 3 aromatic rings. The summed E-state index contributed by atoms with van der Waals surface area (Å²) in [5, 5.41) is 3.19. The third-order valence-corrected chi connectivity index (χ3v) is 4.89. The molecule has 1 saturated heterocycles. The fourth-order valence-corrected chi connectivity index (χ4v) is 3.46. The van der Waals surface area contributed by atoms with Gasteiger partial charge in [0.15, 0.2) is 0 Å². The van der Waals surface area contributed by atoms with E-state index in [2.05, 4.69) is 10.3 Å². The van der Waals surface area contributed by atoms with E-state index in [4.69, 9.17) is 4.74 Å². The SMILES string of the molecule is O=C(NC(c1ccccc1)c1ccccc1)N1CCC(Oc2ccccn2)C1. The average Bonchev–Trinajstić information content (AvgIpc) is 3.22. The van der Waals surface area contributed by atoms with Gasteiger partial charge < -0.3 is 15.0 Å². The zero-order valence-corrected chi connectivity index (χ0v) is 15.6. The predicted molar refractivity (Wildman–Crippen MR) is 108 cm³/mol. The Bertz CT molecular complexity index is 848. The Kier molecular flexibility index (Phi) is 5.52. The molecule has 2 heterocycles. The minimum atomic E-state index is -0.189. The van der Waals surface area contributed by atoms with Gasteiger partial charge in [0.1, 0.15) is 6.10 Å². The fourth-order valence-electron chi connectivity index (χ4n) is 3.46. The highest BCUT2D eigenvalue weighted by molar-refractivity contribution is 5.75. The zero-order valence-electron chi connectivity index (χ0n) is 15.6. The summed E-state index contributed by atoms with van der Waals surface area (Å²) in [7, 11) is 0. The molecule has 1 aliphatic rings. The van der Waals surface area contributed by atoms with Gasteiger partial charge in [-0.2, -0.15) is 0 Å². The van der Waals surface area contributed by atoms with Crippen molar-refractivity contribution in [1.29, 1.82) is 0 Å². The summed E-state index contributed by atoms with van der Waals surface area (Å²) in [6, 6.07) is 25.4. The number of ether oxygens (including phenoxy) is 1. The maximum absolute atomic E-state index is 12.9. The van der Waals surface area contributed by atoms with Crippen LogP contribution in [0, 0.1) is 0 Å². The second-order valence-corrected chi connectivity index (χ2v) is 6.85. The molecule has 0 aliphatic carbocycles. The number of amides is 2. The molecular weight excluding hydrogens is 350 g/mol. The van der Waals surface area contributed by atoms with Crippen molar-refractivity contribution in [2.24, 2.45) is 0 Å². The molecule has 1 unspecified atom stereocenters. The van der Waals surface area contributed by atoms with Crippen LogP contribution in [-0.2, 0) is 0 Å². The molecule has 0 spiro atoms. The first-order valence-corrected chi connectivity index (χ1v) is 9.52. The summed E-state index contributed by atoms with van der Waals surface area (Å²) >= 11 is 0. The van der Waals surface area contributed by atoms with Crippen LogP contribution in [0.25, 0.3) is 0 Å². The average molecular weight is 373 g/mol. The van der Waals surface area contributed by atoms with Gasteiger partial charge in [0.2, 0.25) is 5.88 Å². The van der Waals surface area contributed by atoms with Crippen molar-refractivity contribution < 1.29 is 9.53 Å². The van der Waals surface area contributed by atoms with Crippen molar-refractivity contribution in [2.75, 3.05) is 13.1 Å². The van der Waals surface area contributed by atoms with Crippen LogP contribution >= 0.6 is 0 Å². The van der Waals surface area contributed by atoms with Gasteiger partial charge in [-0.25, -0.2) is 9.78 Å². The maximum atomic E-state index is 12.9. The van der Waals surface area contributed by atoms with Gasteiger partial charge in [0.05, 0.1) is 12.6 Å². The van der Waals surface area contributed by atoms with Crippen LogP contribution in [0.15, 0.2) is 85.1 Å². The molecule has 0 saturated carbocycles. The van der Waals surface area contributed by atoms with Crippen molar-refractivity contribution in [1.82, 2.24) is 15.2 Å². The van der Waals surface area contributed by atoms with Crippen molar-refractivity contribution >= 4 is 6.03 Å². The molecule has 1 fully saturated rings. The largest absolute Gasteiger partial charge is 0.472 e. The number of aromatic nitrogens is 1. The molecule has 4 rings (SSSR count). The first kappa shape index (κ1) is 18.0. The molecule has 142 valence electrons. The molecule has 2 amide bonds. The van der Waals surface area contributed by atoms with Crippen LogP contribution in [-0.4, -0.2) is 35.1 Å². The van der Waals surface area contributed by atoms with Gasteiger partial charge in [-0.15, -0.1) is 0 Å². The van der Waals surface area contributed by atoms with Crippen LogP contribution in [0.5, 0.6) is 5.88 Å². The Morgan fingerprint density at radius 1 is 0.964 bits per heavy atom. The second-order valence-electron chi connectivity index (χ2n) is 6.85. The molecule has 1 N–H and O–H groups in total. The highest BCUT2D eigenvalue weighted by atomic mass is 16.5. The van der Waals surface area contributed by atoms with Gasteiger partial charge in [-0.3, -0.25) is 0 Å². The van der Waals surface area contributed by atoms with E-state index in [-0.39, 0.29) is 18.2 Å². The topological polar surface area (TPSA) is 54.5 Å². The summed E-state index contributed by atoms with van der Waals surface area (Å²) in [5.41, 5.74) is 2.12. The van der Waals surface area contributed by atoms with Crippen molar-refractivity contribution in [2.45, 2.75) is 18.6 Å². The molecule has 2 aromatic carbocycles. The first-order chi connectivity index (χ1) is 13.8. The van der Waals surface area contributed by atoms with E-state index < -0.39 is 0 Å². The summed E-state index contributed by atoms with van der Waals surface area (Å²) in [5.74, 6) is 0.598. The number of hydrogen-bond donors (Lipinski definition) is 1. The first-order valence-electron chi connectivity index (χ1n) is 9.52. The normalized spacial score (nSPS) is 16.2. The monoisotopic (exact) mass is 373 g/mol. The molecule has 28 heavy (non-hydrogen) atoms. The number of carbonyl (C=O) groups excluding carboxylic acids is 1. The molecular formula is C23H23N3O2. The van der Waals surface area contributed by atoms with Gasteiger partial charge in [0, 0.05) is 25.2 Å². The molecule has 1 aromatic heterocycles. The number of benzene rings is 2. The zero-order chi connectivity index (χ0) is 19.2. The van der Waals surface area contributed by atoms with E-state index in [0.29, 0.717) is 19.0 Å². The lowest BCUT2D eigenvalue weighted by Crippen LogP contribution is -2.41. The number of hydrogen-bond acceptors (Lipinski definition) is 3. The van der Waals surface area contributed by atoms with Crippen molar-refractivity contribution in [3.8, 4) is 5.88 Å². The summed E-state index contributed by atoms with van der Waals surface area (Å²) in [6.45, 7) is 1.22. The molecule has 0 radical (unpaired) electrons. The lowest BCUT2D eigenvalue weighted by atomic mass is 9.99. The van der Waals surface area contributed by atoms with E-state index in [1.165, 1.54) is 0 Å². The lowest BCUT2D eigenvalue weighted by Gasteiger charge is -2.24. The van der Waals surface area contributed by atoms with Crippen molar-refractivity contribution in [3.63, 3.8) is 0 Å². The van der Waals surface area contributed by atoms with Crippen LogP contribution in [0.2, 0.25) is 0 Å². The number of rotatable bonds is 5. The summed E-state index contributed by atoms with van der Waals surface area (Å²) < 4.78 is 5.90. The lowest BCUT2D eigenvalue weighted by molar-refractivity contribution is 0.182. The van der Waals surface area contributed by atoms with Crippen molar-refractivity contribution in [3.05, 3.63) is 96.2 Å². The fraction of sp³-hybridized carbons (Fsp3) is 0.217. The van der Waals surface area contributed by atoms with Gasteiger partial charge >= 0.3 is 6.03 Å². The van der Waals surface area contributed by atoms with Gasteiger partial charge in [0.25, 0.3) is 0 Å². The number of urea groups is 1. The standard InChI is InChI=1S/C23H23N3O2/c27-23(26-16-14-20(17-26)28-21-13-7-8-15-24-21)25-22(18-9-3-1-4-10-18)19-11-5-2-6-12-19/h1-13,15,20,22H,14,16-17H2,(H,25,27). The quantitative estimate of drug-likeness (QED) is 0.735. The summed E-state index contributed by atoms with van der Waals surface area (Å²) in [6.07, 6.45) is 2.47. The van der Waals surface area contributed by atoms with Crippen LogP contribution in [0.4, 0.5) is 4.79 Å². The summed E-state index contributed by atoms with van der Waals surface area (Å²) in [4.78, 5) is 19.0. The van der Waals surface area contributed by atoms with E-state index in [9.17, 15) is 4.79 Å². The Labute approximate surface area is 165 Å². The molecule has 1 aliphatic heterocycles. The number of nitrogens with zero attached hydrogens (tertiary/aromatic N) is 2. The van der Waals surface area contributed by atoms with E-state index in [0.717, 1.165) is 17.5 Å². The molecule has 0 bridgehead atoms. The van der Waals surface area contributed by atoms with E-state index in [1.54, 1.807) is 6.20 Å². The third-order valence-electron chi connectivity index (χ3n) is 4.89. The van der Waals surface area contributed by atoms with Crippen LogP contribution in [0.1, 0.15) is 23.6 Å². The number of nitrogens with one attached hydrogen (secondary N) is 1. The Morgan fingerprint density at radius 3 is 2.21 bits per heavy atom. The van der Waals surface area contributed by atoms with E-state index >= 15 is 0 Å². The highest BCUT2D eigenvalue weighted by Gasteiger charge is 2.29. The van der Waals surface area contributed by atoms with Gasteiger partial charge in [-0.1, -0.05) is 66.7 Å². The number of pyridine rings is 1. The Balaban J connectivity index is 1.43. The smallest absolute Gasteiger partial charge is 0.318 e. The van der Waals surface area contributed by atoms with E-state index in [1.807, 2.05) is 83.8 Å². The van der Waals surface area contributed by atoms with Gasteiger partial charge in [-0.05, 0) is 17.2 Å². The highest BCUT2D eigenvalue weighted by Crippen LogP contribution is 2.23. The molecule has 5 heteroatoms. The Hall–Kier alpha value is -3.34. The number of carbonyl (C=O) groups is 1. The minimum Gasteiger partial charge on any atom is -0.472 e. The van der Waals surface area contributed by atoms with Crippen LogP contribution < -0.4 is 10.1 Å². The third kappa shape index (κ3) is 4.31. The second kappa shape index (κ2) is 8.57. The Morgan fingerprint density at radius 2 is 1.61 bits per heavy atom. The predicted octanol–water partition coefficient (Wildman–Crippen LogP) is 4.03. The maximum Gasteiger partial charge on any atom is 0.318 e. The minimum absolute atomic E-state index is 0.0347.